The van der Waals surface area contributed by atoms with E-state index in [1.165, 1.54) is 7.05 Å². The Balaban J connectivity index is 1.72. The summed E-state index contributed by atoms with van der Waals surface area (Å²) >= 11 is 7.27. The monoisotopic (exact) mass is 404 g/mol. The van der Waals surface area contributed by atoms with Crippen LogP contribution in [0.3, 0.4) is 0 Å². The zero-order chi connectivity index (χ0) is 19.1. The van der Waals surface area contributed by atoms with Crippen LogP contribution in [0.1, 0.15) is 9.80 Å². The summed E-state index contributed by atoms with van der Waals surface area (Å²) in [5.74, 6) is -1.94. The van der Waals surface area contributed by atoms with Crippen LogP contribution in [0.15, 0.2) is 48.8 Å². The molecule has 0 bridgehead atoms. The number of aromatic nitrogens is 3. The number of hydrogen-bond donors (Lipinski definition) is 0. The van der Waals surface area contributed by atoms with Crippen molar-refractivity contribution in [3.63, 3.8) is 0 Å². The Labute approximate surface area is 161 Å². The number of carbonyl (C=O) groups excluding carboxylic acids is 1. The highest BCUT2D eigenvalue weighted by Crippen LogP contribution is 2.35. The van der Waals surface area contributed by atoms with Crippen LogP contribution in [0.2, 0.25) is 4.34 Å². The smallest absolute Gasteiger partial charge is 0.287 e. The highest BCUT2D eigenvalue weighted by molar-refractivity contribution is 7.18. The summed E-state index contributed by atoms with van der Waals surface area (Å²) in [6.45, 7) is 0. The van der Waals surface area contributed by atoms with E-state index in [4.69, 9.17) is 11.6 Å². The standard InChI is InChI=1S/C18H11ClF2N4OS/c1-24(14-8-10(20)5-6-12(14)21)18(26)17-23-15(16(19)27-17)11-9-22-25-7-3-2-4-13(11)25/h2-9H,1H3. The maximum Gasteiger partial charge on any atom is 0.287 e. The van der Waals surface area contributed by atoms with Crippen LogP contribution in [-0.2, 0) is 0 Å². The first-order chi connectivity index (χ1) is 13.0. The SMILES string of the molecule is CN(C(=O)c1nc(-c2cnn3ccccc23)c(Cl)s1)c1cc(F)ccc1F. The van der Waals surface area contributed by atoms with Crippen LogP contribution in [0, 0.1) is 11.6 Å². The van der Waals surface area contributed by atoms with Crippen LogP contribution >= 0.6 is 22.9 Å². The Bertz CT molecular complexity index is 1170. The van der Waals surface area contributed by atoms with Gasteiger partial charge in [0.05, 0.1) is 17.4 Å². The zero-order valence-electron chi connectivity index (χ0n) is 13.9. The minimum absolute atomic E-state index is 0.0662. The molecule has 0 atom stereocenters. The summed E-state index contributed by atoms with van der Waals surface area (Å²) in [5.41, 5.74) is 1.70. The van der Waals surface area contributed by atoms with Gasteiger partial charge in [0.1, 0.15) is 21.7 Å². The molecule has 3 heterocycles. The molecule has 1 aromatic carbocycles. The van der Waals surface area contributed by atoms with Crippen molar-refractivity contribution in [3.05, 3.63) is 69.8 Å². The molecule has 4 rings (SSSR count). The second-order valence-corrected chi connectivity index (χ2v) is 7.29. The molecule has 1 amide bonds. The molecule has 0 aliphatic rings. The van der Waals surface area contributed by atoms with Gasteiger partial charge >= 0.3 is 0 Å². The van der Waals surface area contributed by atoms with Crippen molar-refractivity contribution in [2.24, 2.45) is 0 Å². The maximum absolute atomic E-state index is 14.0. The second-order valence-electron chi connectivity index (χ2n) is 5.69. The number of rotatable bonds is 3. The predicted octanol–water partition coefficient (Wildman–Crippen LogP) is 4.67. The lowest BCUT2D eigenvalue weighted by atomic mass is 10.2. The third-order valence-corrected chi connectivity index (χ3v) is 5.27. The summed E-state index contributed by atoms with van der Waals surface area (Å²) in [5, 5.41) is 4.30. The average Bonchev–Trinajstić information content (AvgIpc) is 3.25. The lowest BCUT2D eigenvalue weighted by Gasteiger charge is -2.16. The third kappa shape index (κ3) is 3.07. The number of anilines is 1. The number of benzene rings is 1. The van der Waals surface area contributed by atoms with E-state index in [9.17, 15) is 13.6 Å². The maximum atomic E-state index is 14.0. The molecular weight excluding hydrogens is 394 g/mol. The highest BCUT2D eigenvalue weighted by Gasteiger charge is 2.24. The molecule has 0 saturated carbocycles. The molecule has 27 heavy (non-hydrogen) atoms. The van der Waals surface area contributed by atoms with Gasteiger partial charge in [-0.05, 0) is 24.3 Å². The fourth-order valence-electron chi connectivity index (χ4n) is 2.67. The third-order valence-electron chi connectivity index (χ3n) is 4.02. The van der Waals surface area contributed by atoms with E-state index < -0.39 is 17.5 Å². The van der Waals surface area contributed by atoms with Crippen LogP contribution in [0.25, 0.3) is 16.8 Å². The highest BCUT2D eigenvalue weighted by atomic mass is 35.5. The number of fused-ring (bicyclic) bond motifs is 1. The quantitative estimate of drug-likeness (QED) is 0.498. The number of thiazole rings is 1. The van der Waals surface area contributed by atoms with Crippen LogP contribution in [0.4, 0.5) is 14.5 Å². The molecule has 0 saturated heterocycles. The summed E-state index contributed by atoms with van der Waals surface area (Å²) in [7, 11) is 1.35. The van der Waals surface area contributed by atoms with Gasteiger partial charge in [-0.1, -0.05) is 29.0 Å². The van der Waals surface area contributed by atoms with Crippen molar-refractivity contribution in [1.82, 2.24) is 14.6 Å². The topological polar surface area (TPSA) is 50.5 Å². The molecule has 0 aliphatic heterocycles. The zero-order valence-corrected chi connectivity index (χ0v) is 15.4. The molecule has 0 fully saturated rings. The Morgan fingerprint density at radius 1 is 1.26 bits per heavy atom. The van der Waals surface area contributed by atoms with Crippen molar-refractivity contribution in [3.8, 4) is 11.3 Å². The number of amides is 1. The largest absolute Gasteiger partial charge is 0.307 e. The van der Waals surface area contributed by atoms with Gasteiger partial charge in [0.15, 0.2) is 5.01 Å². The molecule has 5 nitrogen and oxygen atoms in total. The summed E-state index contributed by atoms with van der Waals surface area (Å²) in [6.07, 6.45) is 3.39. The first-order valence-electron chi connectivity index (χ1n) is 7.78. The van der Waals surface area contributed by atoms with Gasteiger partial charge in [-0.15, -0.1) is 0 Å². The molecule has 9 heteroatoms. The number of hydrogen-bond acceptors (Lipinski definition) is 4. The second kappa shape index (κ2) is 6.71. The summed E-state index contributed by atoms with van der Waals surface area (Å²) in [4.78, 5) is 18.0. The van der Waals surface area contributed by atoms with E-state index in [1.54, 1.807) is 16.9 Å². The van der Waals surface area contributed by atoms with Gasteiger partial charge < -0.3 is 4.90 Å². The number of halogens is 3. The Morgan fingerprint density at radius 3 is 2.89 bits per heavy atom. The first-order valence-corrected chi connectivity index (χ1v) is 8.97. The van der Waals surface area contributed by atoms with E-state index in [0.717, 1.165) is 40.0 Å². The van der Waals surface area contributed by atoms with Crippen molar-refractivity contribution in [2.75, 3.05) is 11.9 Å². The van der Waals surface area contributed by atoms with Crippen molar-refractivity contribution in [2.45, 2.75) is 0 Å². The Kier molecular flexibility index (Phi) is 4.37. The minimum Gasteiger partial charge on any atom is -0.307 e. The molecule has 3 aromatic heterocycles. The molecule has 0 unspecified atom stereocenters. The lowest BCUT2D eigenvalue weighted by Crippen LogP contribution is -2.27. The van der Waals surface area contributed by atoms with Crippen molar-refractivity contribution >= 4 is 40.0 Å². The normalized spacial score (nSPS) is 11.1. The van der Waals surface area contributed by atoms with E-state index in [-0.39, 0.29) is 10.7 Å². The van der Waals surface area contributed by atoms with Gasteiger partial charge in [0, 0.05) is 24.9 Å². The molecular formula is C18H11ClF2N4OS. The molecule has 4 aromatic rings. The van der Waals surface area contributed by atoms with Crippen molar-refractivity contribution < 1.29 is 13.6 Å². The average molecular weight is 405 g/mol. The number of carbonyl (C=O) groups is 1. The predicted molar refractivity (Wildman–Crippen MR) is 100 cm³/mol. The van der Waals surface area contributed by atoms with Gasteiger partial charge in [-0.2, -0.15) is 5.10 Å². The molecule has 0 radical (unpaired) electrons. The number of nitrogens with zero attached hydrogens (tertiary/aromatic N) is 4. The summed E-state index contributed by atoms with van der Waals surface area (Å²) < 4.78 is 29.4. The van der Waals surface area contributed by atoms with Gasteiger partial charge in [-0.3, -0.25) is 4.79 Å². The van der Waals surface area contributed by atoms with Gasteiger partial charge in [0.25, 0.3) is 5.91 Å². The molecule has 0 N–H and O–H groups in total. The van der Waals surface area contributed by atoms with E-state index in [2.05, 4.69) is 10.1 Å². The fraction of sp³-hybridized carbons (Fsp3) is 0.0556. The molecule has 0 aliphatic carbocycles. The number of pyridine rings is 1. The Hall–Kier alpha value is -2.84. The van der Waals surface area contributed by atoms with E-state index >= 15 is 0 Å². The molecule has 0 spiro atoms. The minimum atomic E-state index is -0.710. The first kappa shape index (κ1) is 17.6. The fourth-order valence-corrected chi connectivity index (χ4v) is 3.82. The van der Waals surface area contributed by atoms with E-state index in [0.29, 0.717) is 15.6 Å². The van der Waals surface area contributed by atoms with Gasteiger partial charge in [0.2, 0.25) is 0 Å². The Morgan fingerprint density at radius 2 is 2.07 bits per heavy atom. The van der Waals surface area contributed by atoms with Crippen LogP contribution in [0.5, 0.6) is 0 Å². The van der Waals surface area contributed by atoms with Crippen LogP contribution in [-0.4, -0.2) is 27.6 Å². The van der Waals surface area contributed by atoms with Crippen LogP contribution < -0.4 is 4.90 Å². The lowest BCUT2D eigenvalue weighted by molar-refractivity contribution is 0.0992. The summed E-state index contributed by atoms with van der Waals surface area (Å²) in [6, 6.07) is 8.45. The van der Waals surface area contributed by atoms with E-state index in [1.807, 2.05) is 18.2 Å². The van der Waals surface area contributed by atoms with Gasteiger partial charge in [-0.25, -0.2) is 18.3 Å². The van der Waals surface area contributed by atoms with Crippen molar-refractivity contribution in [1.29, 1.82) is 0 Å². The molecule has 136 valence electrons.